The van der Waals surface area contributed by atoms with E-state index in [2.05, 4.69) is 20.9 Å². The number of nitrogens with zero attached hydrogens (tertiary/aromatic N) is 2. The highest BCUT2D eigenvalue weighted by Crippen LogP contribution is 2.34. The fraction of sp³-hybridized carbons (Fsp3) is 0.462. The van der Waals surface area contributed by atoms with E-state index < -0.39 is 11.7 Å². The molecule has 0 spiro atoms. The first-order chi connectivity index (χ1) is 9.29. The molecule has 1 aliphatic carbocycles. The van der Waals surface area contributed by atoms with E-state index in [-0.39, 0.29) is 42.0 Å². The molecule has 1 saturated carbocycles. The fourth-order valence-electron chi connectivity index (χ4n) is 1.88. The van der Waals surface area contributed by atoms with Gasteiger partial charge in [0, 0.05) is 17.6 Å². The Kier molecular flexibility index (Phi) is 6.33. The van der Waals surface area contributed by atoms with E-state index in [0.717, 1.165) is 18.9 Å². The van der Waals surface area contributed by atoms with Crippen LogP contribution in [0.5, 0.6) is 0 Å². The van der Waals surface area contributed by atoms with Crippen molar-refractivity contribution in [1.29, 1.82) is 0 Å². The molecular weight excluding hydrogens is 462 g/mol. The van der Waals surface area contributed by atoms with Gasteiger partial charge in [-0.05, 0) is 30.5 Å². The van der Waals surface area contributed by atoms with Crippen molar-refractivity contribution in [2.45, 2.75) is 31.6 Å². The van der Waals surface area contributed by atoms with E-state index in [0.29, 0.717) is 10.5 Å². The maximum absolute atomic E-state index is 12.9. The number of aliphatic imine (C=N–C) groups is 1. The van der Waals surface area contributed by atoms with Gasteiger partial charge in [0.05, 0.1) is 12.1 Å². The third-order valence-corrected chi connectivity index (χ3v) is 3.74. The molecule has 0 saturated heterocycles. The number of hydrogen-bond acceptors (Lipinski definition) is 1. The summed E-state index contributed by atoms with van der Waals surface area (Å²) in [6, 6.07) is 4.43. The fourth-order valence-corrected chi connectivity index (χ4v) is 2.24. The van der Waals surface area contributed by atoms with E-state index in [1.807, 2.05) is 11.9 Å². The molecule has 0 heterocycles. The molecule has 1 aliphatic rings. The Hall–Kier alpha value is -0.510. The maximum Gasteiger partial charge on any atom is 0.416 e. The van der Waals surface area contributed by atoms with E-state index in [9.17, 15) is 13.2 Å². The molecule has 21 heavy (non-hydrogen) atoms. The highest BCUT2D eigenvalue weighted by molar-refractivity contribution is 14.0. The highest BCUT2D eigenvalue weighted by Gasteiger charge is 2.33. The molecule has 0 amide bonds. The van der Waals surface area contributed by atoms with E-state index in [4.69, 9.17) is 5.73 Å². The summed E-state index contributed by atoms with van der Waals surface area (Å²) in [5, 5.41) is 0. The second-order valence-electron chi connectivity index (χ2n) is 4.82. The number of benzene rings is 1. The van der Waals surface area contributed by atoms with Crippen molar-refractivity contribution >= 4 is 45.9 Å². The monoisotopic (exact) mass is 477 g/mol. The largest absolute Gasteiger partial charge is 0.416 e. The van der Waals surface area contributed by atoms with Crippen LogP contribution in [-0.2, 0) is 12.7 Å². The SMILES string of the molecule is CN(C(N)=NCc1ccc(Br)cc1C(F)(F)F)C1CC1.I. The molecular formula is C13H16BrF3IN3. The molecule has 0 radical (unpaired) electrons. The highest BCUT2D eigenvalue weighted by atomic mass is 127. The average molecular weight is 478 g/mol. The molecule has 8 heteroatoms. The second-order valence-corrected chi connectivity index (χ2v) is 5.73. The molecule has 0 atom stereocenters. The third-order valence-electron chi connectivity index (χ3n) is 3.24. The van der Waals surface area contributed by atoms with Gasteiger partial charge in [-0.3, -0.25) is 0 Å². The summed E-state index contributed by atoms with van der Waals surface area (Å²) in [5.74, 6) is 0.281. The van der Waals surface area contributed by atoms with Crippen LogP contribution in [0.4, 0.5) is 13.2 Å². The first kappa shape index (κ1) is 18.5. The van der Waals surface area contributed by atoms with Crippen molar-refractivity contribution in [3.8, 4) is 0 Å². The number of guanidine groups is 1. The molecule has 0 aliphatic heterocycles. The van der Waals surface area contributed by atoms with Gasteiger partial charge in [0.2, 0.25) is 0 Å². The summed E-state index contributed by atoms with van der Waals surface area (Å²) in [6.45, 7) is -0.0784. The predicted octanol–water partition coefficient (Wildman–Crippen LogP) is 3.99. The Morgan fingerprint density at radius 1 is 1.43 bits per heavy atom. The molecule has 0 unspecified atom stereocenters. The molecule has 2 N–H and O–H groups in total. The standard InChI is InChI=1S/C13H15BrF3N3.HI/c1-20(10-4-5-10)12(18)19-7-8-2-3-9(14)6-11(8)13(15,16)17;/h2-3,6,10H,4-5,7H2,1H3,(H2,18,19);1H. The first-order valence-corrected chi connectivity index (χ1v) is 6.96. The molecule has 1 aromatic carbocycles. The maximum atomic E-state index is 12.9. The van der Waals surface area contributed by atoms with Gasteiger partial charge in [-0.1, -0.05) is 22.0 Å². The van der Waals surface area contributed by atoms with Crippen molar-refractivity contribution in [2.75, 3.05) is 7.05 Å². The lowest BCUT2D eigenvalue weighted by atomic mass is 10.1. The Bertz CT molecular complexity index is 530. The normalized spacial score (nSPS) is 15.6. The zero-order chi connectivity index (χ0) is 14.9. The predicted molar refractivity (Wildman–Crippen MR) is 90.7 cm³/mol. The summed E-state index contributed by atoms with van der Waals surface area (Å²) in [7, 11) is 1.81. The smallest absolute Gasteiger partial charge is 0.370 e. The van der Waals surface area contributed by atoms with E-state index >= 15 is 0 Å². The van der Waals surface area contributed by atoms with Gasteiger partial charge in [0.25, 0.3) is 0 Å². The van der Waals surface area contributed by atoms with Crippen LogP contribution in [0.25, 0.3) is 0 Å². The molecule has 2 rings (SSSR count). The van der Waals surface area contributed by atoms with Gasteiger partial charge in [-0.25, -0.2) is 4.99 Å². The van der Waals surface area contributed by atoms with Crippen LogP contribution in [0.3, 0.4) is 0 Å². The van der Waals surface area contributed by atoms with Gasteiger partial charge >= 0.3 is 6.18 Å². The minimum Gasteiger partial charge on any atom is -0.370 e. The van der Waals surface area contributed by atoms with Crippen LogP contribution in [0.1, 0.15) is 24.0 Å². The van der Waals surface area contributed by atoms with Crippen molar-refractivity contribution in [1.82, 2.24) is 4.90 Å². The molecule has 118 valence electrons. The first-order valence-electron chi connectivity index (χ1n) is 6.17. The molecule has 0 bridgehead atoms. The molecule has 3 nitrogen and oxygen atoms in total. The van der Waals surface area contributed by atoms with Crippen molar-refractivity contribution < 1.29 is 13.2 Å². The van der Waals surface area contributed by atoms with Crippen LogP contribution in [0.2, 0.25) is 0 Å². The zero-order valence-corrected chi connectivity index (χ0v) is 15.2. The molecule has 1 aromatic rings. The summed E-state index contributed by atoms with van der Waals surface area (Å²) in [6.07, 6.45) is -2.29. The summed E-state index contributed by atoms with van der Waals surface area (Å²) in [4.78, 5) is 5.88. The van der Waals surface area contributed by atoms with Crippen molar-refractivity contribution in [3.05, 3.63) is 33.8 Å². The Morgan fingerprint density at radius 2 is 2.05 bits per heavy atom. The summed E-state index contributed by atoms with van der Waals surface area (Å²) < 4.78 is 39.2. The van der Waals surface area contributed by atoms with Crippen molar-refractivity contribution in [2.24, 2.45) is 10.7 Å². The number of alkyl halides is 3. The minimum absolute atomic E-state index is 0. The van der Waals surface area contributed by atoms with E-state index in [1.54, 1.807) is 6.07 Å². The van der Waals surface area contributed by atoms with Gasteiger partial charge in [0.15, 0.2) is 5.96 Å². The Labute approximate surface area is 146 Å². The van der Waals surface area contributed by atoms with Crippen LogP contribution in [0.15, 0.2) is 27.7 Å². The van der Waals surface area contributed by atoms with E-state index in [1.165, 1.54) is 6.07 Å². The minimum atomic E-state index is -4.40. The van der Waals surface area contributed by atoms with Crippen LogP contribution in [-0.4, -0.2) is 23.9 Å². The lowest BCUT2D eigenvalue weighted by Crippen LogP contribution is -2.35. The summed E-state index contributed by atoms with van der Waals surface area (Å²) in [5.41, 5.74) is 5.22. The molecule has 1 fully saturated rings. The van der Waals surface area contributed by atoms with Gasteiger partial charge in [0.1, 0.15) is 0 Å². The van der Waals surface area contributed by atoms with Gasteiger partial charge in [-0.2, -0.15) is 13.2 Å². The quantitative estimate of drug-likeness (QED) is 0.406. The van der Waals surface area contributed by atoms with Gasteiger partial charge < -0.3 is 10.6 Å². The number of rotatable bonds is 3. The van der Waals surface area contributed by atoms with Crippen molar-refractivity contribution in [3.63, 3.8) is 0 Å². The second kappa shape index (κ2) is 7.17. The number of halogens is 5. The average Bonchev–Trinajstić information content (AvgIpc) is 3.19. The van der Waals surface area contributed by atoms with Gasteiger partial charge in [-0.15, -0.1) is 24.0 Å². The topological polar surface area (TPSA) is 41.6 Å². The third kappa shape index (κ3) is 5.01. The zero-order valence-electron chi connectivity index (χ0n) is 11.3. The Morgan fingerprint density at radius 3 is 2.57 bits per heavy atom. The van der Waals surface area contributed by atoms with Crippen LogP contribution < -0.4 is 5.73 Å². The Balaban J connectivity index is 0.00000220. The lowest BCUT2D eigenvalue weighted by Gasteiger charge is -2.17. The van der Waals surface area contributed by atoms with Crippen LogP contribution >= 0.6 is 39.9 Å². The number of hydrogen-bond donors (Lipinski definition) is 1. The number of nitrogens with two attached hydrogens (primary N) is 1. The lowest BCUT2D eigenvalue weighted by molar-refractivity contribution is -0.138. The van der Waals surface area contributed by atoms with Crippen LogP contribution in [0, 0.1) is 0 Å². The molecule has 0 aromatic heterocycles. The summed E-state index contributed by atoms with van der Waals surface area (Å²) >= 11 is 3.05.